The van der Waals surface area contributed by atoms with E-state index in [2.05, 4.69) is 5.32 Å². The summed E-state index contributed by atoms with van der Waals surface area (Å²) in [6.45, 7) is 0.415. The van der Waals surface area contributed by atoms with Crippen LogP contribution in [0.1, 0.15) is 37.3 Å². The molecule has 1 saturated heterocycles. The zero-order valence-electron chi connectivity index (χ0n) is 12.8. The highest BCUT2D eigenvalue weighted by atomic mass is 16.4. The fourth-order valence-corrected chi connectivity index (χ4v) is 2.99. The van der Waals surface area contributed by atoms with Crippen LogP contribution in [0.5, 0.6) is 0 Å². The Morgan fingerprint density at radius 2 is 1.83 bits per heavy atom. The normalized spacial score (nSPS) is 21.7. The Morgan fingerprint density at radius 3 is 2.43 bits per heavy atom. The summed E-state index contributed by atoms with van der Waals surface area (Å²) in [5.41, 5.74) is 0.683. The smallest absolute Gasteiger partial charge is 0.326 e. The molecular weight excluding hydrogens is 296 g/mol. The van der Waals surface area contributed by atoms with Crippen molar-refractivity contribution in [2.75, 3.05) is 6.54 Å². The van der Waals surface area contributed by atoms with Crippen molar-refractivity contribution in [3.8, 4) is 0 Å². The van der Waals surface area contributed by atoms with E-state index in [9.17, 15) is 19.5 Å². The molecule has 2 N–H and O–H groups in total. The van der Waals surface area contributed by atoms with E-state index in [0.717, 1.165) is 12.8 Å². The van der Waals surface area contributed by atoms with Gasteiger partial charge in [-0.15, -0.1) is 0 Å². The molecule has 3 rings (SSSR count). The summed E-state index contributed by atoms with van der Waals surface area (Å²) in [5.74, 6) is -1.47. The fraction of sp³-hybridized carbons (Fsp3) is 0.471. The van der Waals surface area contributed by atoms with E-state index in [0.29, 0.717) is 24.9 Å². The number of benzene rings is 1. The molecular formula is C17H20N2O4. The predicted molar refractivity (Wildman–Crippen MR) is 82.4 cm³/mol. The summed E-state index contributed by atoms with van der Waals surface area (Å²) in [5, 5.41) is 12.1. The number of rotatable bonds is 5. The molecule has 0 bridgehead atoms. The number of carbonyl (C=O) groups excluding carboxylic acids is 2. The number of likely N-dealkylation sites (tertiary alicyclic amines) is 1. The minimum Gasteiger partial charge on any atom is -0.480 e. The molecule has 0 spiro atoms. The zero-order valence-corrected chi connectivity index (χ0v) is 12.8. The minimum absolute atomic E-state index is 0.0112. The molecule has 23 heavy (non-hydrogen) atoms. The number of nitrogens with one attached hydrogen (secondary N) is 1. The lowest BCUT2D eigenvalue weighted by atomic mass is 10.0. The Bertz CT molecular complexity index is 612. The molecule has 0 unspecified atom stereocenters. The second-order valence-electron chi connectivity index (χ2n) is 6.15. The van der Waals surface area contributed by atoms with Gasteiger partial charge in [0.15, 0.2) is 0 Å². The molecule has 1 aromatic rings. The third-order valence-electron chi connectivity index (χ3n) is 4.44. The van der Waals surface area contributed by atoms with Gasteiger partial charge < -0.3 is 15.3 Å². The number of nitrogens with zero attached hydrogens (tertiary/aromatic N) is 1. The molecule has 2 atom stereocenters. The van der Waals surface area contributed by atoms with Gasteiger partial charge >= 0.3 is 5.97 Å². The van der Waals surface area contributed by atoms with Crippen molar-refractivity contribution in [1.29, 1.82) is 0 Å². The summed E-state index contributed by atoms with van der Waals surface area (Å²) in [7, 11) is 0. The zero-order chi connectivity index (χ0) is 16.4. The van der Waals surface area contributed by atoms with Gasteiger partial charge in [0.1, 0.15) is 12.1 Å². The number of carboxylic acids is 1. The molecule has 2 aliphatic rings. The van der Waals surface area contributed by atoms with Crippen LogP contribution in [0.15, 0.2) is 30.3 Å². The molecule has 1 heterocycles. The van der Waals surface area contributed by atoms with E-state index < -0.39 is 18.1 Å². The van der Waals surface area contributed by atoms with Crippen molar-refractivity contribution >= 4 is 17.8 Å². The largest absolute Gasteiger partial charge is 0.480 e. The van der Waals surface area contributed by atoms with Crippen LogP contribution in [0.2, 0.25) is 0 Å². The second-order valence-corrected chi connectivity index (χ2v) is 6.15. The first kappa shape index (κ1) is 15.5. The third-order valence-corrected chi connectivity index (χ3v) is 4.44. The van der Waals surface area contributed by atoms with Crippen molar-refractivity contribution in [2.45, 2.75) is 37.8 Å². The Kier molecular flexibility index (Phi) is 4.32. The molecule has 0 radical (unpaired) electrons. The van der Waals surface area contributed by atoms with Crippen molar-refractivity contribution < 1.29 is 19.5 Å². The number of amides is 2. The van der Waals surface area contributed by atoms with E-state index >= 15 is 0 Å². The lowest BCUT2D eigenvalue weighted by Gasteiger charge is -2.27. The summed E-state index contributed by atoms with van der Waals surface area (Å²) >= 11 is 0. The Balaban J connectivity index is 1.83. The van der Waals surface area contributed by atoms with Gasteiger partial charge in [0, 0.05) is 12.5 Å². The number of hydrogen-bond donors (Lipinski definition) is 2. The van der Waals surface area contributed by atoms with E-state index in [4.69, 9.17) is 0 Å². The van der Waals surface area contributed by atoms with Gasteiger partial charge in [0.25, 0.3) is 5.91 Å². The van der Waals surface area contributed by atoms with Crippen LogP contribution in [0.3, 0.4) is 0 Å². The Labute approximate surface area is 134 Å². The lowest BCUT2D eigenvalue weighted by molar-refractivity contribution is -0.149. The van der Waals surface area contributed by atoms with Gasteiger partial charge in [-0.05, 0) is 31.2 Å². The lowest BCUT2D eigenvalue weighted by Crippen LogP contribution is -2.47. The van der Waals surface area contributed by atoms with Crippen LogP contribution >= 0.6 is 0 Å². The number of carbonyl (C=O) groups is 3. The van der Waals surface area contributed by atoms with Crippen LogP contribution < -0.4 is 5.32 Å². The third kappa shape index (κ3) is 3.36. The highest BCUT2D eigenvalue weighted by Crippen LogP contribution is 2.31. The van der Waals surface area contributed by atoms with Crippen molar-refractivity contribution in [2.24, 2.45) is 5.92 Å². The number of carboxylic acid groups (broad SMARTS) is 1. The van der Waals surface area contributed by atoms with E-state index in [1.165, 1.54) is 4.90 Å². The summed E-state index contributed by atoms with van der Waals surface area (Å²) < 4.78 is 0. The van der Waals surface area contributed by atoms with Gasteiger partial charge in [-0.25, -0.2) is 4.79 Å². The van der Waals surface area contributed by atoms with Gasteiger partial charge in [-0.2, -0.15) is 0 Å². The average molecular weight is 316 g/mol. The van der Waals surface area contributed by atoms with Crippen LogP contribution in [-0.2, 0) is 14.4 Å². The number of hydrogen-bond acceptors (Lipinski definition) is 3. The first-order chi connectivity index (χ1) is 11.1. The van der Waals surface area contributed by atoms with E-state index in [1.54, 1.807) is 24.3 Å². The van der Waals surface area contributed by atoms with Gasteiger partial charge in [-0.3, -0.25) is 9.59 Å². The SMILES string of the molecule is O=C(N[C@@H](C(=O)N1CCC[C@H]1C(=O)O)c1ccccc1)C1CC1. The summed E-state index contributed by atoms with van der Waals surface area (Å²) in [6, 6.07) is 7.39. The Hall–Kier alpha value is -2.37. The standard InChI is InChI=1S/C17H20N2O4/c20-15(12-8-9-12)18-14(11-5-2-1-3-6-11)16(21)19-10-4-7-13(19)17(22)23/h1-3,5-6,12-14H,4,7-10H2,(H,18,20)(H,22,23)/t13-,14+/m0/s1. The summed E-state index contributed by atoms with van der Waals surface area (Å²) in [6.07, 6.45) is 2.83. The highest BCUT2D eigenvalue weighted by Gasteiger charge is 2.39. The minimum atomic E-state index is -0.990. The van der Waals surface area contributed by atoms with Crippen LogP contribution in [0, 0.1) is 5.92 Å². The van der Waals surface area contributed by atoms with Crippen LogP contribution in [0.4, 0.5) is 0 Å². The van der Waals surface area contributed by atoms with Crippen molar-refractivity contribution in [3.05, 3.63) is 35.9 Å². The Morgan fingerprint density at radius 1 is 1.13 bits per heavy atom. The molecule has 1 aliphatic carbocycles. The molecule has 2 fully saturated rings. The maximum absolute atomic E-state index is 12.9. The summed E-state index contributed by atoms with van der Waals surface area (Å²) in [4.78, 5) is 37.7. The van der Waals surface area contributed by atoms with E-state index in [-0.39, 0.29) is 17.7 Å². The van der Waals surface area contributed by atoms with Gasteiger partial charge in [0.2, 0.25) is 5.91 Å². The fourth-order valence-electron chi connectivity index (χ4n) is 2.99. The maximum Gasteiger partial charge on any atom is 0.326 e. The topological polar surface area (TPSA) is 86.7 Å². The van der Waals surface area contributed by atoms with Crippen molar-refractivity contribution in [1.82, 2.24) is 10.2 Å². The first-order valence-corrected chi connectivity index (χ1v) is 7.96. The quantitative estimate of drug-likeness (QED) is 0.858. The van der Waals surface area contributed by atoms with Gasteiger partial charge in [-0.1, -0.05) is 30.3 Å². The van der Waals surface area contributed by atoms with Gasteiger partial charge in [0.05, 0.1) is 0 Å². The molecule has 1 aliphatic heterocycles. The molecule has 122 valence electrons. The highest BCUT2D eigenvalue weighted by molar-refractivity contribution is 5.92. The molecule has 1 saturated carbocycles. The molecule has 1 aromatic carbocycles. The maximum atomic E-state index is 12.9. The van der Waals surface area contributed by atoms with Crippen LogP contribution in [0.25, 0.3) is 0 Å². The molecule has 2 amide bonds. The van der Waals surface area contributed by atoms with Crippen LogP contribution in [-0.4, -0.2) is 40.4 Å². The molecule has 6 nitrogen and oxygen atoms in total. The number of aliphatic carboxylic acids is 1. The average Bonchev–Trinajstić information content (AvgIpc) is 3.29. The first-order valence-electron chi connectivity index (χ1n) is 7.96. The van der Waals surface area contributed by atoms with Crippen molar-refractivity contribution in [3.63, 3.8) is 0 Å². The monoisotopic (exact) mass is 316 g/mol. The van der Waals surface area contributed by atoms with E-state index in [1.807, 2.05) is 6.07 Å². The molecule has 0 aromatic heterocycles. The predicted octanol–water partition coefficient (Wildman–Crippen LogP) is 1.33. The second kappa shape index (κ2) is 6.40. The molecule has 6 heteroatoms.